The van der Waals surface area contributed by atoms with E-state index in [9.17, 15) is 13.2 Å². The van der Waals surface area contributed by atoms with Gasteiger partial charge in [0.1, 0.15) is 0 Å². The van der Waals surface area contributed by atoms with Gasteiger partial charge in [-0.3, -0.25) is 9.78 Å². The molecule has 0 saturated carbocycles. The Morgan fingerprint density at radius 3 is 2.37 bits per heavy atom. The smallest absolute Gasteiger partial charge is 0.254 e. The number of carbonyl (C=O) groups excluding carboxylic acids is 1. The molecule has 1 aromatic heterocycles. The Morgan fingerprint density at radius 2 is 1.63 bits per heavy atom. The third-order valence-corrected chi connectivity index (χ3v) is 6.76. The number of rotatable bonds is 4. The van der Waals surface area contributed by atoms with E-state index in [4.69, 9.17) is 0 Å². The van der Waals surface area contributed by atoms with Gasteiger partial charge in [-0.05, 0) is 30.7 Å². The maximum atomic E-state index is 13.1. The summed E-state index contributed by atoms with van der Waals surface area (Å²) in [5, 5.41) is 2.05. The lowest BCUT2D eigenvalue weighted by Gasteiger charge is -2.33. The first-order chi connectivity index (χ1) is 14.4. The number of hydrogen-bond acceptors (Lipinski definition) is 4. The first kappa shape index (κ1) is 20.3. The Hall–Kier alpha value is -3.03. The van der Waals surface area contributed by atoms with Gasteiger partial charge in [0.05, 0.1) is 11.1 Å². The molecule has 1 fully saturated rings. The molecule has 7 heteroatoms. The normalized spacial score (nSPS) is 15.7. The molecule has 154 valence electrons. The van der Waals surface area contributed by atoms with Crippen LogP contribution in [0.5, 0.6) is 0 Å². The summed E-state index contributed by atoms with van der Waals surface area (Å²) in [6, 6.07) is 18.7. The summed E-state index contributed by atoms with van der Waals surface area (Å²) in [6.45, 7) is 3.12. The molecule has 0 spiro atoms. The lowest BCUT2D eigenvalue weighted by Crippen LogP contribution is -2.50. The van der Waals surface area contributed by atoms with Crippen molar-refractivity contribution in [1.29, 1.82) is 0 Å². The molecule has 1 amide bonds. The van der Waals surface area contributed by atoms with E-state index < -0.39 is 10.0 Å². The molecule has 30 heavy (non-hydrogen) atoms. The van der Waals surface area contributed by atoms with E-state index in [-0.39, 0.29) is 19.0 Å². The van der Waals surface area contributed by atoms with Crippen molar-refractivity contribution in [1.82, 2.24) is 14.2 Å². The van der Waals surface area contributed by atoms with Crippen molar-refractivity contribution >= 4 is 32.9 Å². The summed E-state index contributed by atoms with van der Waals surface area (Å²) in [5.41, 5.74) is 3.01. The summed E-state index contributed by atoms with van der Waals surface area (Å²) in [6.07, 6.45) is 1.60. The van der Waals surface area contributed by atoms with E-state index in [0.717, 1.165) is 22.2 Å². The molecule has 4 rings (SSSR count). The lowest BCUT2D eigenvalue weighted by molar-refractivity contribution is 0.0700. The maximum Gasteiger partial charge on any atom is 0.254 e. The topological polar surface area (TPSA) is 70.6 Å². The standard InChI is InChI=1S/C23H23N3O3S/c1-18-17-21(20-9-5-6-10-22(20)24-18)23(27)25-12-14-26(15-13-25)30(28,29)16-11-19-7-3-2-4-8-19/h2-11,16-17H,12-15H2,1H3/b16-11+. The van der Waals surface area contributed by atoms with Crippen molar-refractivity contribution in [2.45, 2.75) is 6.92 Å². The van der Waals surface area contributed by atoms with Gasteiger partial charge in [-0.1, -0.05) is 48.5 Å². The molecule has 0 aliphatic carbocycles. The zero-order valence-corrected chi connectivity index (χ0v) is 17.5. The summed E-state index contributed by atoms with van der Waals surface area (Å²) in [5.74, 6) is -0.0893. The van der Waals surface area contributed by atoms with Gasteiger partial charge in [0, 0.05) is 42.7 Å². The van der Waals surface area contributed by atoms with Gasteiger partial charge in [-0.2, -0.15) is 4.31 Å². The number of aromatic nitrogens is 1. The highest BCUT2D eigenvalue weighted by Gasteiger charge is 2.28. The van der Waals surface area contributed by atoms with Crippen LogP contribution >= 0.6 is 0 Å². The minimum Gasteiger partial charge on any atom is -0.336 e. The van der Waals surface area contributed by atoms with E-state index in [0.29, 0.717) is 18.7 Å². The number of fused-ring (bicyclic) bond motifs is 1. The number of carbonyl (C=O) groups is 1. The molecule has 0 N–H and O–H groups in total. The monoisotopic (exact) mass is 421 g/mol. The molecule has 0 bridgehead atoms. The minimum atomic E-state index is -3.53. The van der Waals surface area contributed by atoms with Crippen molar-refractivity contribution in [3.63, 3.8) is 0 Å². The third-order valence-electron chi connectivity index (χ3n) is 5.19. The van der Waals surface area contributed by atoms with Crippen LogP contribution in [0.4, 0.5) is 0 Å². The Labute approximate surface area is 176 Å². The predicted octanol–water partition coefficient (Wildman–Crippen LogP) is 3.30. The number of amides is 1. The van der Waals surface area contributed by atoms with Crippen molar-refractivity contribution in [2.75, 3.05) is 26.2 Å². The van der Waals surface area contributed by atoms with Crippen LogP contribution in [0.1, 0.15) is 21.6 Å². The van der Waals surface area contributed by atoms with Gasteiger partial charge < -0.3 is 4.90 Å². The van der Waals surface area contributed by atoms with Crippen molar-refractivity contribution in [3.05, 3.63) is 82.9 Å². The number of aryl methyl sites for hydroxylation is 1. The van der Waals surface area contributed by atoms with Crippen LogP contribution in [0.15, 0.2) is 66.1 Å². The molecular weight excluding hydrogens is 398 g/mol. The highest BCUT2D eigenvalue weighted by atomic mass is 32.2. The third kappa shape index (κ3) is 4.27. The number of para-hydroxylation sites is 1. The average molecular weight is 422 g/mol. The first-order valence-corrected chi connectivity index (χ1v) is 11.3. The van der Waals surface area contributed by atoms with Gasteiger partial charge in [-0.25, -0.2) is 8.42 Å². The highest BCUT2D eigenvalue weighted by molar-refractivity contribution is 7.92. The molecule has 0 unspecified atom stereocenters. The fraction of sp³-hybridized carbons (Fsp3) is 0.217. The summed E-state index contributed by atoms with van der Waals surface area (Å²) < 4.78 is 26.7. The molecule has 0 radical (unpaired) electrons. The SMILES string of the molecule is Cc1cc(C(=O)N2CCN(S(=O)(=O)/C=C/c3ccccc3)CC2)c2ccccc2n1. The molecule has 6 nitrogen and oxygen atoms in total. The second-order valence-corrected chi connectivity index (χ2v) is 9.10. The zero-order chi connectivity index (χ0) is 21.1. The molecule has 0 atom stereocenters. The van der Waals surface area contributed by atoms with Crippen LogP contribution in [0.3, 0.4) is 0 Å². The number of pyridine rings is 1. The molecule has 3 aromatic rings. The molecular formula is C23H23N3O3S. The van der Waals surface area contributed by atoms with Crippen LogP contribution in [-0.4, -0.2) is 54.7 Å². The molecule has 1 aliphatic heterocycles. The van der Waals surface area contributed by atoms with Crippen LogP contribution < -0.4 is 0 Å². The molecule has 2 aromatic carbocycles. The van der Waals surface area contributed by atoms with E-state index in [2.05, 4.69) is 4.98 Å². The van der Waals surface area contributed by atoms with Gasteiger partial charge in [-0.15, -0.1) is 0 Å². The average Bonchev–Trinajstić information content (AvgIpc) is 2.77. The van der Waals surface area contributed by atoms with E-state index in [1.807, 2.05) is 61.5 Å². The minimum absolute atomic E-state index is 0.0893. The van der Waals surface area contributed by atoms with Crippen LogP contribution in [0.2, 0.25) is 0 Å². The van der Waals surface area contributed by atoms with E-state index >= 15 is 0 Å². The van der Waals surface area contributed by atoms with E-state index in [1.165, 1.54) is 9.71 Å². The Balaban J connectivity index is 1.47. The number of piperazine rings is 1. The predicted molar refractivity (Wildman–Crippen MR) is 118 cm³/mol. The fourth-order valence-electron chi connectivity index (χ4n) is 3.62. The van der Waals surface area contributed by atoms with Gasteiger partial charge in [0.25, 0.3) is 5.91 Å². The maximum absolute atomic E-state index is 13.1. The van der Waals surface area contributed by atoms with Gasteiger partial charge >= 0.3 is 0 Å². The summed E-state index contributed by atoms with van der Waals surface area (Å²) in [7, 11) is -3.53. The lowest BCUT2D eigenvalue weighted by atomic mass is 10.1. The fourth-order valence-corrected chi connectivity index (χ4v) is 4.79. The Bertz CT molecular complexity index is 1200. The quantitative estimate of drug-likeness (QED) is 0.648. The van der Waals surface area contributed by atoms with Crippen LogP contribution in [0.25, 0.3) is 17.0 Å². The van der Waals surface area contributed by atoms with Gasteiger partial charge in [0.15, 0.2) is 0 Å². The largest absolute Gasteiger partial charge is 0.336 e. The van der Waals surface area contributed by atoms with Gasteiger partial charge in [0.2, 0.25) is 10.0 Å². The second kappa shape index (κ2) is 8.38. The van der Waals surface area contributed by atoms with Crippen molar-refractivity contribution in [2.24, 2.45) is 0 Å². The number of hydrogen-bond donors (Lipinski definition) is 0. The second-order valence-electron chi connectivity index (χ2n) is 7.28. The zero-order valence-electron chi connectivity index (χ0n) is 16.7. The first-order valence-electron chi connectivity index (χ1n) is 9.83. The summed E-state index contributed by atoms with van der Waals surface area (Å²) in [4.78, 5) is 19.4. The summed E-state index contributed by atoms with van der Waals surface area (Å²) >= 11 is 0. The number of benzene rings is 2. The van der Waals surface area contributed by atoms with Crippen molar-refractivity contribution < 1.29 is 13.2 Å². The Kier molecular flexibility index (Phi) is 5.65. The molecule has 1 aliphatic rings. The van der Waals surface area contributed by atoms with Crippen molar-refractivity contribution in [3.8, 4) is 0 Å². The Morgan fingerprint density at radius 1 is 0.967 bits per heavy atom. The van der Waals surface area contributed by atoms with E-state index in [1.54, 1.807) is 17.0 Å². The number of sulfonamides is 1. The molecule has 2 heterocycles. The van der Waals surface area contributed by atoms with Crippen LogP contribution in [-0.2, 0) is 10.0 Å². The number of nitrogens with zero attached hydrogens (tertiary/aromatic N) is 3. The van der Waals surface area contributed by atoms with Crippen LogP contribution in [0, 0.1) is 6.92 Å². The molecule has 1 saturated heterocycles. The highest BCUT2D eigenvalue weighted by Crippen LogP contribution is 2.21.